The van der Waals surface area contributed by atoms with Crippen molar-refractivity contribution in [3.8, 4) is 0 Å². The van der Waals surface area contributed by atoms with Crippen molar-refractivity contribution < 1.29 is 15.0 Å². The SMILES string of the molecule is Cc1cc2c(=O)c(C(=O)O)cn(C3CC3)c2c(C)c1N1CCC(C(C)O)C1. The number of carbonyl (C=O) groups is 1. The molecule has 27 heavy (non-hydrogen) atoms. The number of hydrogen-bond donors (Lipinski definition) is 2. The van der Waals surface area contributed by atoms with Gasteiger partial charge in [-0.25, -0.2) is 4.79 Å². The van der Waals surface area contributed by atoms with Crippen molar-refractivity contribution in [3.63, 3.8) is 0 Å². The number of aliphatic hydroxyl groups is 1. The molecule has 0 bridgehead atoms. The molecule has 2 N–H and O–H groups in total. The Morgan fingerprint density at radius 1 is 1.26 bits per heavy atom. The Bertz CT molecular complexity index is 988. The first-order valence-corrected chi connectivity index (χ1v) is 9.65. The van der Waals surface area contributed by atoms with E-state index in [2.05, 4.69) is 4.90 Å². The average Bonchev–Trinajstić information content (AvgIpc) is 3.32. The van der Waals surface area contributed by atoms with Crippen molar-refractivity contribution in [2.45, 2.75) is 52.2 Å². The van der Waals surface area contributed by atoms with Gasteiger partial charge in [0.25, 0.3) is 0 Å². The Labute approximate surface area is 158 Å². The number of anilines is 1. The van der Waals surface area contributed by atoms with Crippen molar-refractivity contribution in [1.82, 2.24) is 4.57 Å². The number of hydrogen-bond acceptors (Lipinski definition) is 4. The number of fused-ring (bicyclic) bond motifs is 1. The van der Waals surface area contributed by atoms with Crippen LogP contribution in [0.25, 0.3) is 10.9 Å². The third-order valence-corrected chi connectivity index (χ3v) is 6.11. The number of aromatic carboxylic acids is 1. The quantitative estimate of drug-likeness (QED) is 0.865. The van der Waals surface area contributed by atoms with E-state index in [9.17, 15) is 19.8 Å². The molecule has 0 amide bonds. The second kappa shape index (κ2) is 6.37. The van der Waals surface area contributed by atoms with Crippen LogP contribution in [0.5, 0.6) is 0 Å². The number of aliphatic hydroxyl groups excluding tert-OH is 1. The van der Waals surface area contributed by atoms with Gasteiger partial charge < -0.3 is 19.7 Å². The molecule has 2 aromatic rings. The maximum Gasteiger partial charge on any atom is 0.341 e. The Hall–Kier alpha value is -2.34. The minimum Gasteiger partial charge on any atom is -0.477 e. The summed E-state index contributed by atoms with van der Waals surface area (Å²) in [7, 11) is 0. The highest BCUT2D eigenvalue weighted by Crippen LogP contribution is 2.41. The molecule has 4 rings (SSSR count). The molecule has 0 radical (unpaired) electrons. The number of pyridine rings is 1. The second-order valence-corrected chi connectivity index (χ2v) is 8.11. The lowest BCUT2D eigenvalue weighted by atomic mass is 10.00. The van der Waals surface area contributed by atoms with E-state index in [0.717, 1.165) is 54.7 Å². The predicted octanol–water partition coefficient (Wildman–Crippen LogP) is 2.86. The first-order valence-electron chi connectivity index (χ1n) is 9.65. The second-order valence-electron chi connectivity index (χ2n) is 8.11. The highest BCUT2D eigenvalue weighted by atomic mass is 16.4. The largest absolute Gasteiger partial charge is 0.477 e. The topological polar surface area (TPSA) is 82.8 Å². The molecule has 1 aliphatic carbocycles. The fraction of sp³-hybridized carbons (Fsp3) is 0.524. The molecule has 144 valence electrons. The summed E-state index contributed by atoms with van der Waals surface area (Å²) in [6.45, 7) is 7.52. The van der Waals surface area contributed by atoms with E-state index in [1.54, 1.807) is 0 Å². The molecular formula is C21H26N2O4. The third kappa shape index (κ3) is 2.92. The molecule has 1 saturated heterocycles. The molecule has 6 nitrogen and oxygen atoms in total. The van der Waals surface area contributed by atoms with Crippen LogP contribution in [-0.2, 0) is 0 Å². The lowest BCUT2D eigenvalue weighted by Gasteiger charge is -2.26. The smallest absolute Gasteiger partial charge is 0.341 e. The number of rotatable bonds is 4. The minimum absolute atomic E-state index is 0.156. The van der Waals surface area contributed by atoms with E-state index in [0.29, 0.717) is 5.39 Å². The lowest BCUT2D eigenvalue weighted by molar-refractivity contribution is 0.0695. The van der Waals surface area contributed by atoms with Crippen molar-refractivity contribution in [2.24, 2.45) is 5.92 Å². The molecule has 1 saturated carbocycles. The molecule has 1 aromatic heterocycles. The highest BCUT2D eigenvalue weighted by Gasteiger charge is 2.31. The zero-order valence-corrected chi connectivity index (χ0v) is 16.0. The summed E-state index contributed by atoms with van der Waals surface area (Å²) in [4.78, 5) is 26.7. The fourth-order valence-electron chi connectivity index (χ4n) is 4.54. The van der Waals surface area contributed by atoms with Crippen LogP contribution in [-0.4, -0.2) is 39.9 Å². The van der Waals surface area contributed by atoms with Crippen LogP contribution < -0.4 is 10.3 Å². The number of nitrogens with zero attached hydrogens (tertiary/aromatic N) is 2. The van der Waals surface area contributed by atoms with Gasteiger partial charge in [-0.15, -0.1) is 0 Å². The Balaban J connectivity index is 1.94. The predicted molar refractivity (Wildman–Crippen MR) is 105 cm³/mol. The van der Waals surface area contributed by atoms with E-state index in [1.165, 1.54) is 6.20 Å². The van der Waals surface area contributed by atoms with Crippen LogP contribution in [0.15, 0.2) is 17.1 Å². The minimum atomic E-state index is -1.17. The molecule has 0 spiro atoms. The molecule has 2 unspecified atom stereocenters. The summed E-state index contributed by atoms with van der Waals surface area (Å²) in [6, 6.07) is 2.12. The van der Waals surface area contributed by atoms with Crippen LogP contribution in [0.1, 0.15) is 53.7 Å². The summed E-state index contributed by atoms with van der Waals surface area (Å²) < 4.78 is 2.00. The number of carboxylic acids is 1. The van der Waals surface area contributed by atoms with Crippen LogP contribution in [0, 0.1) is 19.8 Å². The van der Waals surface area contributed by atoms with Crippen LogP contribution in [0.3, 0.4) is 0 Å². The van der Waals surface area contributed by atoms with Gasteiger partial charge in [-0.2, -0.15) is 0 Å². The zero-order chi connectivity index (χ0) is 19.5. The number of benzene rings is 1. The van der Waals surface area contributed by atoms with Crippen molar-refractivity contribution in [1.29, 1.82) is 0 Å². The Morgan fingerprint density at radius 3 is 2.52 bits per heavy atom. The van der Waals surface area contributed by atoms with Crippen LogP contribution >= 0.6 is 0 Å². The van der Waals surface area contributed by atoms with Gasteiger partial charge in [0, 0.05) is 42.3 Å². The first-order chi connectivity index (χ1) is 12.8. The summed E-state index contributed by atoms with van der Waals surface area (Å²) in [5.74, 6) is -0.922. The molecule has 1 aromatic carbocycles. The van der Waals surface area contributed by atoms with Gasteiger partial charge >= 0.3 is 5.97 Å². The van der Waals surface area contributed by atoms with Gasteiger partial charge in [0.15, 0.2) is 0 Å². The summed E-state index contributed by atoms with van der Waals surface area (Å²) in [5.41, 5.74) is 3.41. The molecule has 2 aliphatic rings. The van der Waals surface area contributed by atoms with Crippen LogP contribution in [0.2, 0.25) is 0 Å². The van der Waals surface area contributed by atoms with E-state index < -0.39 is 11.4 Å². The van der Waals surface area contributed by atoms with Gasteiger partial charge in [-0.05, 0) is 57.2 Å². The van der Waals surface area contributed by atoms with Gasteiger partial charge in [0.1, 0.15) is 5.56 Å². The van der Waals surface area contributed by atoms with E-state index in [4.69, 9.17) is 0 Å². The number of aromatic nitrogens is 1. The van der Waals surface area contributed by atoms with Crippen molar-refractivity contribution in [2.75, 3.05) is 18.0 Å². The normalized spacial score (nSPS) is 21.0. The maximum absolute atomic E-state index is 12.8. The Morgan fingerprint density at radius 2 is 1.96 bits per heavy atom. The number of aryl methyl sites for hydroxylation is 2. The van der Waals surface area contributed by atoms with E-state index in [1.807, 2.05) is 31.4 Å². The summed E-state index contributed by atoms with van der Waals surface area (Å²) >= 11 is 0. The fourth-order valence-corrected chi connectivity index (χ4v) is 4.54. The highest BCUT2D eigenvalue weighted by molar-refractivity contribution is 5.96. The summed E-state index contributed by atoms with van der Waals surface area (Å²) in [5, 5.41) is 19.9. The lowest BCUT2D eigenvalue weighted by Crippen LogP contribution is -2.26. The molecule has 2 fully saturated rings. The molecule has 2 heterocycles. The standard InChI is InChI=1S/C21H26N2O4/c1-11-8-16-19(12(2)18(11)22-7-6-14(9-22)13(3)24)23(15-4-5-15)10-17(20(16)25)21(26)27/h8,10,13-15,24H,4-7,9H2,1-3H3,(H,26,27). The van der Waals surface area contributed by atoms with Gasteiger partial charge in [0.2, 0.25) is 5.43 Å². The van der Waals surface area contributed by atoms with Gasteiger partial charge in [-0.3, -0.25) is 4.79 Å². The molecule has 1 aliphatic heterocycles. The molecule has 2 atom stereocenters. The Kier molecular flexibility index (Phi) is 4.26. The zero-order valence-electron chi connectivity index (χ0n) is 16.0. The molecule has 6 heteroatoms. The molecular weight excluding hydrogens is 344 g/mol. The third-order valence-electron chi connectivity index (χ3n) is 6.11. The number of carboxylic acid groups (broad SMARTS) is 1. The van der Waals surface area contributed by atoms with Crippen molar-refractivity contribution in [3.05, 3.63) is 39.2 Å². The van der Waals surface area contributed by atoms with Crippen molar-refractivity contribution >= 4 is 22.6 Å². The van der Waals surface area contributed by atoms with Gasteiger partial charge in [-0.1, -0.05) is 0 Å². The summed E-state index contributed by atoms with van der Waals surface area (Å²) in [6.07, 6.45) is 4.15. The maximum atomic E-state index is 12.8. The van der Waals surface area contributed by atoms with Gasteiger partial charge in [0.05, 0.1) is 11.6 Å². The van der Waals surface area contributed by atoms with Crippen LogP contribution in [0.4, 0.5) is 5.69 Å². The average molecular weight is 370 g/mol. The first kappa shape index (κ1) is 18.0. The van der Waals surface area contributed by atoms with E-state index >= 15 is 0 Å². The van der Waals surface area contributed by atoms with E-state index in [-0.39, 0.29) is 23.6 Å². The monoisotopic (exact) mass is 370 g/mol.